The molecule has 0 aromatic heterocycles. The topological polar surface area (TPSA) is 92.7 Å². The van der Waals surface area contributed by atoms with Crippen molar-refractivity contribution in [3.8, 4) is 0 Å². The molecular weight excluding hydrogens is 292 g/mol. The van der Waals surface area contributed by atoms with Crippen molar-refractivity contribution in [1.29, 1.82) is 0 Å². The van der Waals surface area contributed by atoms with Gasteiger partial charge in [-0.2, -0.15) is 0 Å². The maximum Gasteiger partial charge on any atom is 0.255 e. The van der Waals surface area contributed by atoms with E-state index in [0.717, 1.165) is 13.0 Å². The minimum absolute atomic E-state index is 0.131. The summed E-state index contributed by atoms with van der Waals surface area (Å²) in [5.74, 6) is -0.484. The van der Waals surface area contributed by atoms with E-state index in [1.54, 1.807) is 23.1 Å². The van der Waals surface area contributed by atoms with Gasteiger partial charge in [-0.15, -0.1) is 0 Å². The molecule has 1 aromatic carbocycles. The van der Waals surface area contributed by atoms with Crippen LogP contribution in [0.3, 0.4) is 0 Å². The Bertz CT molecular complexity index is 550. The first-order chi connectivity index (χ1) is 9.99. The molecular formula is C14H19ClN4O2. The van der Waals surface area contributed by atoms with Crippen LogP contribution in [0.25, 0.3) is 0 Å². The number of nitrogens with two attached hydrogens (primary N) is 2. The molecule has 114 valence electrons. The summed E-state index contributed by atoms with van der Waals surface area (Å²) in [6.45, 7) is 2.75. The molecule has 0 aliphatic carbocycles. The lowest BCUT2D eigenvalue weighted by Crippen LogP contribution is -2.38. The van der Waals surface area contributed by atoms with E-state index in [1.165, 1.54) is 0 Å². The van der Waals surface area contributed by atoms with E-state index < -0.39 is 0 Å². The van der Waals surface area contributed by atoms with Crippen molar-refractivity contribution in [2.45, 2.75) is 6.42 Å². The molecule has 6 nitrogen and oxygen atoms in total. The van der Waals surface area contributed by atoms with Crippen LogP contribution in [0.1, 0.15) is 16.8 Å². The number of hydrogen-bond donors (Lipinski definition) is 2. The number of benzene rings is 1. The van der Waals surface area contributed by atoms with Gasteiger partial charge < -0.3 is 16.4 Å². The van der Waals surface area contributed by atoms with Crippen LogP contribution in [0.5, 0.6) is 0 Å². The van der Waals surface area contributed by atoms with Crippen LogP contribution in [-0.4, -0.2) is 54.3 Å². The number of hydrogen-bond acceptors (Lipinski definition) is 4. The Balaban J connectivity index is 2.06. The summed E-state index contributed by atoms with van der Waals surface area (Å²) in [7, 11) is 0. The SMILES string of the molecule is NC(=O)CN1CCCN(C(=O)c2cccc(N)c2Cl)CC1. The number of anilines is 1. The first-order valence-electron chi connectivity index (χ1n) is 6.83. The summed E-state index contributed by atoms with van der Waals surface area (Å²) in [5.41, 5.74) is 11.7. The summed E-state index contributed by atoms with van der Waals surface area (Å²) in [6.07, 6.45) is 0.791. The van der Waals surface area contributed by atoms with Crippen molar-refractivity contribution >= 4 is 29.1 Å². The van der Waals surface area contributed by atoms with Crippen molar-refractivity contribution in [2.24, 2.45) is 5.73 Å². The zero-order chi connectivity index (χ0) is 15.4. The van der Waals surface area contributed by atoms with E-state index in [-0.39, 0.29) is 18.4 Å². The summed E-state index contributed by atoms with van der Waals surface area (Å²) in [5, 5.41) is 0.292. The van der Waals surface area contributed by atoms with Gasteiger partial charge in [-0.1, -0.05) is 17.7 Å². The van der Waals surface area contributed by atoms with Crippen molar-refractivity contribution in [1.82, 2.24) is 9.80 Å². The summed E-state index contributed by atoms with van der Waals surface area (Å²) < 4.78 is 0. The van der Waals surface area contributed by atoms with Crippen molar-refractivity contribution in [3.05, 3.63) is 28.8 Å². The molecule has 1 aliphatic rings. The number of nitrogens with zero attached hydrogens (tertiary/aromatic N) is 2. The van der Waals surface area contributed by atoms with Crippen LogP contribution in [-0.2, 0) is 4.79 Å². The van der Waals surface area contributed by atoms with Gasteiger partial charge >= 0.3 is 0 Å². The van der Waals surface area contributed by atoms with Gasteiger partial charge in [0, 0.05) is 26.2 Å². The van der Waals surface area contributed by atoms with Crippen LogP contribution in [0.15, 0.2) is 18.2 Å². The Kier molecular flexibility index (Phi) is 5.03. The maximum absolute atomic E-state index is 12.5. The molecule has 0 spiro atoms. The molecule has 0 unspecified atom stereocenters. The van der Waals surface area contributed by atoms with E-state index in [4.69, 9.17) is 23.1 Å². The standard InChI is InChI=1S/C14H19ClN4O2/c15-13-10(3-1-4-11(13)16)14(21)19-6-2-5-18(7-8-19)9-12(17)20/h1,3-4H,2,5-9,16H2,(H2,17,20). The number of rotatable bonds is 3. The second-order valence-electron chi connectivity index (χ2n) is 5.10. The number of carbonyl (C=O) groups is 2. The zero-order valence-electron chi connectivity index (χ0n) is 11.7. The van der Waals surface area contributed by atoms with Gasteiger partial charge in [0.15, 0.2) is 0 Å². The number of halogens is 1. The van der Waals surface area contributed by atoms with Gasteiger partial charge in [0.05, 0.1) is 22.8 Å². The Morgan fingerprint density at radius 3 is 2.67 bits per heavy atom. The highest BCUT2D eigenvalue weighted by atomic mass is 35.5. The fourth-order valence-electron chi connectivity index (χ4n) is 2.44. The minimum atomic E-state index is -0.353. The first kappa shape index (κ1) is 15.6. The van der Waals surface area contributed by atoms with Gasteiger partial charge in [-0.3, -0.25) is 14.5 Å². The fourth-order valence-corrected chi connectivity index (χ4v) is 2.64. The van der Waals surface area contributed by atoms with Crippen LogP contribution in [0.4, 0.5) is 5.69 Å². The average molecular weight is 311 g/mol. The number of primary amides is 1. The fraction of sp³-hybridized carbons (Fsp3) is 0.429. The minimum Gasteiger partial charge on any atom is -0.398 e. The van der Waals surface area contributed by atoms with Gasteiger partial charge in [-0.25, -0.2) is 0 Å². The molecule has 1 fully saturated rings. The molecule has 1 aromatic rings. The summed E-state index contributed by atoms with van der Waals surface area (Å²) in [4.78, 5) is 27.2. The van der Waals surface area contributed by atoms with E-state index in [0.29, 0.717) is 35.9 Å². The van der Waals surface area contributed by atoms with E-state index in [2.05, 4.69) is 0 Å². The van der Waals surface area contributed by atoms with Crippen LogP contribution in [0.2, 0.25) is 5.02 Å². The Morgan fingerprint density at radius 2 is 1.95 bits per heavy atom. The third kappa shape index (κ3) is 3.86. The van der Waals surface area contributed by atoms with Crippen molar-refractivity contribution < 1.29 is 9.59 Å². The number of nitrogen functional groups attached to an aromatic ring is 1. The lowest BCUT2D eigenvalue weighted by Gasteiger charge is -2.22. The summed E-state index contributed by atoms with van der Waals surface area (Å²) >= 11 is 6.10. The molecule has 2 amide bonds. The van der Waals surface area contributed by atoms with Crippen LogP contribution < -0.4 is 11.5 Å². The molecule has 1 saturated heterocycles. The van der Waals surface area contributed by atoms with Crippen molar-refractivity contribution in [2.75, 3.05) is 38.5 Å². The normalized spacial score (nSPS) is 16.5. The second kappa shape index (κ2) is 6.78. The second-order valence-corrected chi connectivity index (χ2v) is 5.47. The lowest BCUT2D eigenvalue weighted by molar-refractivity contribution is -0.119. The number of carbonyl (C=O) groups excluding carboxylic acids is 2. The molecule has 21 heavy (non-hydrogen) atoms. The van der Waals surface area contributed by atoms with E-state index in [9.17, 15) is 9.59 Å². The largest absolute Gasteiger partial charge is 0.398 e. The highest BCUT2D eigenvalue weighted by Gasteiger charge is 2.22. The molecule has 0 saturated carbocycles. The van der Waals surface area contributed by atoms with Crippen LogP contribution >= 0.6 is 11.6 Å². The third-order valence-corrected chi connectivity index (χ3v) is 3.94. The van der Waals surface area contributed by atoms with Crippen molar-refractivity contribution in [3.63, 3.8) is 0 Å². The molecule has 2 rings (SSSR count). The first-order valence-corrected chi connectivity index (χ1v) is 7.20. The highest BCUT2D eigenvalue weighted by molar-refractivity contribution is 6.36. The Morgan fingerprint density at radius 1 is 1.19 bits per heavy atom. The molecule has 4 N–H and O–H groups in total. The molecule has 0 bridgehead atoms. The molecule has 0 radical (unpaired) electrons. The predicted octanol–water partition coefficient (Wildman–Crippen LogP) is 0.555. The smallest absolute Gasteiger partial charge is 0.255 e. The third-order valence-electron chi connectivity index (χ3n) is 3.51. The van der Waals surface area contributed by atoms with Gasteiger partial charge in [0.25, 0.3) is 5.91 Å². The summed E-state index contributed by atoms with van der Waals surface area (Å²) in [6, 6.07) is 5.05. The van der Waals surface area contributed by atoms with Gasteiger partial charge in [-0.05, 0) is 18.6 Å². The quantitative estimate of drug-likeness (QED) is 0.798. The molecule has 1 heterocycles. The van der Waals surface area contributed by atoms with E-state index in [1.807, 2.05) is 4.90 Å². The molecule has 0 atom stereocenters. The average Bonchev–Trinajstić information content (AvgIpc) is 2.66. The predicted molar refractivity (Wildman–Crippen MR) is 82.0 cm³/mol. The van der Waals surface area contributed by atoms with E-state index >= 15 is 0 Å². The Labute approximate surface area is 128 Å². The zero-order valence-corrected chi connectivity index (χ0v) is 12.5. The monoisotopic (exact) mass is 310 g/mol. The maximum atomic E-state index is 12.5. The van der Waals surface area contributed by atoms with Gasteiger partial charge in [0.2, 0.25) is 5.91 Å². The van der Waals surface area contributed by atoms with Crippen LogP contribution in [0, 0.1) is 0 Å². The lowest BCUT2D eigenvalue weighted by atomic mass is 10.1. The molecule has 1 aliphatic heterocycles. The Hall–Kier alpha value is -1.79. The number of amides is 2. The van der Waals surface area contributed by atoms with Gasteiger partial charge in [0.1, 0.15) is 0 Å². The molecule has 7 heteroatoms. The highest BCUT2D eigenvalue weighted by Crippen LogP contribution is 2.24.